The molecule has 0 radical (unpaired) electrons. The van der Waals surface area contributed by atoms with Crippen molar-refractivity contribution in [3.8, 4) is 6.07 Å². The topological polar surface area (TPSA) is 175 Å². The number of nitrogens with zero attached hydrogens (tertiary/aromatic N) is 3. The molecule has 0 aliphatic heterocycles. The van der Waals surface area contributed by atoms with E-state index in [1.54, 1.807) is 20.3 Å². The predicted molar refractivity (Wildman–Crippen MR) is 142 cm³/mol. The number of rotatable bonds is 9. The van der Waals surface area contributed by atoms with E-state index in [9.17, 15) is 10.1 Å². The molecule has 0 bridgehead atoms. The van der Waals surface area contributed by atoms with Gasteiger partial charge >= 0.3 is 0 Å². The molecule has 2 rings (SSSR count). The monoisotopic (exact) mass is 501 g/mol. The fourth-order valence-corrected chi connectivity index (χ4v) is 2.38. The molecule has 0 saturated carbocycles. The molecule has 11 heteroatoms. The Labute approximate surface area is 212 Å². The number of aldehydes is 2. The van der Waals surface area contributed by atoms with Crippen molar-refractivity contribution in [1.82, 2.24) is 0 Å². The van der Waals surface area contributed by atoms with Crippen LogP contribution in [0.2, 0.25) is 0 Å². The third kappa shape index (κ3) is 14.8. The van der Waals surface area contributed by atoms with Gasteiger partial charge in [-0.2, -0.15) is 5.26 Å². The molecule has 0 aliphatic carbocycles. The summed E-state index contributed by atoms with van der Waals surface area (Å²) >= 11 is 0. The lowest BCUT2D eigenvalue weighted by Crippen LogP contribution is -2.30. The highest BCUT2D eigenvalue weighted by Crippen LogP contribution is 2.20. The van der Waals surface area contributed by atoms with Gasteiger partial charge in [-0.1, -0.05) is 6.58 Å². The fraction of sp³-hybridized carbons (Fsp3) is 0.320. The Kier molecular flexibility index (Phi) is 20.0. The number of methoxy groups -OCH3 is 2. The molecule has 0 unspecified atom stereocenters. The van der Waals surface area contributed by atoms with Crippen LogP contribution in [-0.2, 0) is 19.1 Å². The molecule has 196 valence electrons. The van der Waals surface area contributed by atoms with E-state index in [0.717, 1.165) is 42.4 Å². The first-order valence-electron chi connectivity index (χ1n) is 10.7. The van der Waals surface area contributed by atoms with E-state index in [-0.39, 0.29) is 16.9 Å². The van der Waals surface area contributed by atoms with Crippen molar-refractivity contribution in [1.29, 1.82) is 5.26 Å². The Morgan fingerprint density at radius 3 is 1.97 bits per heavy atom. The van der Waals surface area contributed by atoms with Crippen LogP contribution in [0.3, 0.4) is 0 Å². The van der Waals surface area contributed by atoms with Gasteiger partial charge in [0.2, 0.25) is 0 Å². The van der Waals surface area contributed by atoms with Gasteiger partial charge < -0.3 is 30.6 Å². The van der Waals surface area contributed by atoms with Crippen LogP contribution in [0, 0.1) is 28.4 Å². The second-order valence-electron chi connectivity index (χ2n) is 6.76. The predicted octanol–water partition coefficient (Wildman–Crippen LogP) is 3.30. The first-order chi connectivity index (χ1) is 17.2. The zero-order chi connectivity index (χ0) is 27.9. The maximum Gasteiger partial charge on any atom is 0.270 e. The summed E-state index contributed by atoms with van der Waals surface area (Å²) in [5.41, 5.74) is 14.5. The summed E-state index contributed by atoms with van der Waals surface area (Å²) in [6.45, 7) is 9.68. The van der Waals surface area contributed by atoms with Crippen LogP contribution in [-0.4, -0.2) is 58.0 Å². The maximum absolute atomic E-state index is 10.2. The number of nitriles is 1. The smallest absolute Gasteiger partial charge is 0.270 e. The number of hydrogen-bond donors (Lipinski definition) is 2. The second kappa shape index (κ2) is 21.3. The Bertz CT molecular complexity index is 977. The number of non-ortho nitro benzene ring substituents is 1. The van der Waals surface area contributed by atoms with E-state index in [2.05, 4.69) is 17.5 Å². The largest absolute Gasteiger partial charge is 0.399 e. The highest BCUT2D eigenvalue weighted by atomic mass is 16.6. The molecule has 0 amide bonds. The number of allylic oxidation sites excluding steroid dienone is 1. The van der Waals surface area contributed by atoms with Crippen LogP contribution >= 0.6 is 0 Å². The molecule has 0 heterocycles. The van der Waals surface area contributed by atoms with Crippen molar-refractivity contribution in [2.45, 2.75) is 13.8 Å². The van der Waals surface area contributed by atoms with Crippen molar-refractivity contribution >= 4 is 35.3 Å². The van der Waals surface area contributed by atoms with Gasteiger partial charge in [-0.3, -0.25) is 14.9 Å². The molecule has 4 N–H and O–H groups in total. The number of aryl methyl sites for hydroxylation is 1. The van der Waals surface area contributed by atoms with Crippen molar-refractivity contribution in [2.24, 2.45) is 0 Å². The van der Waals surface area contributed by atoms with Crippen molar-refractivity contribution in [2.75, 3.05) is 56.9 Å². The number of nitrogens with two attached hydrogens (primary N) is 2. The van der Waals surface area contributed by atoms with Crippen molar-refractivity contribution in [3.63, 3.8) is 0 Å². The third-order valence-electron chi connectivity index (χ3n) is 4.21. The Morgan fingerprint density at radius 2 is 1.58 bits per heavy atom. The van der Waals surface area contributed by atoms with Crippen LogP contribution in [0.4, 0.5) is 22.7 Å². The molecule has 0 aromatic heterocycles. The Hall–Kier alpha value is -4.27. The molecule has 0 aliphatic rings. The van der Waals surface area contributed by atoms with Crippen LogP contribution in [0.25, 0.3) is 0 Å². The molecule has 0 spiro atoms. The Balaban J connectivity index is 0. The van der Waals surface area contributed by atoms with Gasteiger partial charge in [-0.15, -0.1) is 0 Å². The molecule has 2 aromatic carbocycles. The second-order valence-corrected chi connectivity index (χ2v) is 6.76. The van der Waals surface area contributed by atoms with Crippen molar-refractivity contribution < 1.29 is 24.0 Å². The average molecular weight is 502 g/mol. The lowest BCUT2D eigenvalue weighted by Gasteiger charge is -2.24. The minimum atomic E-state index is -0.569. The van der Waals surface area contributed by atoms with Crippen LogP contribution in [0.5, 0.6) is 0 Å². The third-order valence-corrected chi connectivity index (χ3v) is 4.21. The SMILES string of the molecule is C=CC=O.CC=O.COCCN(CCOC)c1ccc(N)c(C)c1.N#Cc1cc([N+](=O)[O-])ccc1N. The summed E-state index contributed by atoms with van der Waals surface area (Å²) < 4.78 is 10.2. The van der Waals surface area contributed by atoms with E-state index in [1.807, 2.05) is 19.1 Å². The maximum atomic E-state index is 10.2. The minimum absolute atomic E-state index is 0.124. The van der Waals surface area contributed by atoms with E-state index >= 15 is 0 Å². The number of nitro benzene ring substituents is 1. The zero-order valence-corrected chi connectivity index (χ0v) is 21.2. The summed E-state index contributed by atoms with van der Waals surface area (Å²) in [5, 5.41) is 18.7. The van der Waals surface area contributed by atoms with Gasteiger partial charge in [0.25, 0.3) is 5.69 Å². The normalized spacial score (nSPS) is 8.86. The van der Waals surface area contributed by atoms with Crippen molar-refractivity contribution in [3.05, 3.63) is 70.3 Å². The van der Waals surface area contributed by atoms with E-state index in [1.165, 1.54) is 25.1 Å². The van der Waals surface area contributed by atoms with E-state index < -0.39 is 4.92 Å². The van der Waals surface area contributed by atoms with Gasteiger partial charge in [0, 0.05) is 56.5 Å². The number of anilines is 3. The molecule has 11 nitrogen and oxygen atoms in total. The minimum Gasteiger partial charge on any atom is -0.399 e. The summed E-state index contributed by atoms with van der Waals surface area (Å²) in [6.07, 6.45) is 2.58. The number of benzene rings is 2. The number of carbonyl (C=O) groups is 2. The Morgan fingerprint density at radius 1 is 1.08 bits per heavy atom. The number of carbonyl (C=O) groups excluding carboxylic acids is 2. The molecule has 0 atom stereocenters. The van der Waals surface area contributed by atoms with Crippen LogP contribution in [0.15, 0.2) is 49.1 Å². The number of nitro groups is 1. The summed E-state index contributed by atoms with van der Waals surface area (Å²) in [7, 11) is 3.42. The molecule has 0 saturated heterocycles. The van der Waals surface area contributed by atoms with E-state index in [0.29, 0.717) is 19.5 Å². The average Bonchev–Trinajstić information content (AvgIpc) is 2.87. The highest BCUT2D eigenvalue weighted by molar-refractivity contribution is 5.63. The van der Waals surface area contributed by atoms with Gasteiger partial charge in [-0.05, 0) is 49.8 Å². The molecule has 2 aromatic rings. The van der Waals surface area contributed by atoms with E-state index in [4.69, 9.17) is 35.8 Å². The molecular weight excluding hydrogens is 466 g/mol. The van der Waals surface area contributed by atoms with Gasteiger partial charge in [0.1, 0.15) is 18.6 Å². The number of ether oxygens (including phenoxy) is 2. The van der Waals surface area contributed by atoms with Gasteiger partial charge in [0.05, 0.1) is 23.7 Å². The summed E-state index contributed by atoms with van der Waals surface area (Å²) in [6, 6.07) is 11.6. The van der Waals surface area contributed by atoms with Gasteiger partial charge in [-0.25, -0.2) is 0 Å². The van der Waals surface area contributed by atoms with Crippen LogP contribution < -0.4 is 16.4 Å². The number of hydrogen-bond acceptors (Lipinski definition) is 10. The number of nitrogen functional groups attached to an aromatic ring is 2. The van der Waals surface area contributed by atoms with Gasteiger partial charge in [0.15, 0.2) is 0 Å². The first-order valence-corrected chi connectivity index (χ1v) is 10.7. The first kappa shape index (κ1) is 33.9. The zero-order valence-electron chi connectivity index (χ0n) is 21.2. The summed E-state index contributed by atoms with van der Waals surface area (Å²) in [5.74, 6) is 0. The standard InChI is InChI=1S/C13H22N2O2.C7H5N3O2.C3H4O.C2H4O/c1-11-10-12(4-5-13(11)14)15(6-8-16-2)7-9-17-3;8-4-5-3-6(10(11)12)1-2-7(5)9;1-2-3-4;1-2-3/h4-5,10H,6-9,14H2,1-3H3;1-3H,9H2;2-3H,1H2;2H,1H3. The fourth-order valence-electron chi connectivity index (χ4n) is 2.38. The quantitative estimate of drug-likeness (QED) is 0.170. The summed E-state index contributed by atoms with van der Waals surface area (Å²) in [4.78, 5) is 29.8. The van der Waals surface area contributed by atoms with Crippen LogP contribution in [0.1, 0.15) is 18.1 Å². The molecule has 0 fully saturated rings. The molecular formula is C25H35N5O6. The lowest BCUT2D eigenvalue weighted by atomic mass is 10.1. The molecule has 36 heavy (non-hydrogen) atoms. The highest BCUT2D eigenvalue weighted by Gasteiger charge is 2.08. The lowest BCUT2D eigenvalue weighted by molar-refractivity contribution is -0.384.